The van der Waals surface area contributed by atoms with Crippen LogP contribution in [0.1, 0.15) is 11.5 Å². The lowest BCUT2D eigenvalue weighted by atomic mass is 10.2. The van der Waals surface area contributed by atoms with E-state index in [1.807, 2.05) is 18.3 Å². The van der Waals surface area contributed by atoms with Gasteiger partial charge in [-0.15, -0.1) is 5.10 Å². The third-order valence-corrected chi connectivity index (χ3v) is 3.45. The van der Waals surface area contributed by atoms with Gasteiger partial charge in [0, 0.05) is 28.5 Å². The molecule has 0 aliphatic rings. The molecule has 0 aliphatic heterocycles. The van der Waals surface area contributed by atoms with Gasteiger partial charge in [-0.05, 0) is 24.3 Å². The molecular formula is C13H11BrClN5O. The van der Waals surface area contributed by atoms with Crippen molar-refractivity contribution < 1.29 is 4.52 Å². The molecule has 2 aromatic heterocycles. The molecule has 0 atom stereocenters. The molecule has 21 heavy (non-hydrogen) atoms. The summed E-state index contributed by atoms with van der Waals surface area (Å²) in [4.78, 5) is 4.34. The van der Waals surface area contributed by atoms with E-state index in [0.717, 1.165) is 23.0 Å². The van der Waals surface area contributed by atoms with Crippen LogP contribution in [0.15, 0.2) is 35.0 Å². The summed E-state index contributed by atoms with van der Waals surface area (Å²) in [5.74, 6) is 1.01. The van der Waals surface area contributed by atoms with Crippen LogP contribution in [-0.2, 0) is 13.0 Å². The van der Waals surface area contributed by atoms with Gasteiger partial charge in [0.05, 0.1) is 5.69 Å². The van der Waals surface area contributed by atoms with Crippen LogP contribution in [0.5, 0.6) is 0 Å². The quantitative estimate of drug-likeness (QED) is 0.648. The molecule has 0 unspecified atom stereocenters. The van der Waals surface area contributed by atoms with Crippen molar-refractivity contribution in [3.8, 4) is 11.5 Å². The predicted molar refractivity (Wildman–Crippen MR) is 81.4 cm³/mol. The number of benzene rings is 1. The molecule has 0 saturated carbocycles. The van der Waals surface area contributed by atoms with Crippen LogP contribution >= 0.6 is 27.5 Å². The van der Waals surface area contributed by atoms with Crippen molar-refractivity contribution in [2.24, 2.45) is 0 Å². The van der Waals surface area contributed by atoms with Gasteiger partial charge in [-0.2, -0.15) is 4.98 Å². The highest BCUT2D eigenvalue weighted by Gasteiger charge is 2.10. The number of hydrogen-bond donors (Lipinski definition) is 0. The van der Waals surface area contributed by atoms with Crippen LogP contribution in [0.4, 0.5) is 0 Å². The summed E-state index contributed by atoms with van der Waals surface area (Å²) >= 11 is 9.22. The molecule has 0 N–H and O–H groups in total. The Hall–Kier alpha value is -1.73. The first-order valence-corrected chi connectivity index (χ1v) is 7.78. The molecule has 1 aromatic carbocycles. The van der Waals surface area contributed by atoms with E-state index < -0.39 is 0 Å². The van der Waals surface area contributed by atoms with Gasteiger partial charge in [0.1, 0.15) is 6.54 Å². The number of hydrogen-bond acceptors (Lipinski definition) is 5. The Bertz CT molecular complexity index is 724. The zero-order valence-corrected chi connectivity index (χ0v) is 13.3. The number of rotatable bonds is 5. The van der Waals surface area contributed by atoms with E-state index in [0.29, 0.717) is 23.3 Å². The normalized spacial score (nSPS) is 11.0. The van der Waals surface area contributed by atoms with Crippen molar-refractivity contribution >= 4 is 27.5 Å². The zero-order chi connectivity index (χ0) is 14.7. The second-order valence-electron chi connectivity index (χ2n) is 4.37. The molecule has 0 fully saturated rings. The van der Waals surface area contributed by atoms with E-state index in [9.17, 15) is 0 Å². The van der Waals surface area contributed by atoms with Crippen LogP contribution in [0.25, 0.3) is 11.5 Å². The lowest BCUT2D eigenvalue weighted by molar-refractivity contribution is 0.418. The molecule has 108 valence electrons. The summed E-state index contributed by atoms with van der Waals surface area (Å²) in [6, 6.07) is 7.24. The lowest BCUT2D eigenvalue weighted by Gasteiger charge is -1.94. The summed E-state index contributed by atoms with van der Waals surface area (Å²) < 4.78 is 6.93. The van der Waals surface area contributed by atoms with Crippen LogP contribution in [0, 0.1) is 0 Å². The Labute approximate surface area is 134 Å². The minimum atomic E-state index is 0.423. The van der Waals surface area contributed by atoms with E-state index in [-0.39, 0.29) is 0 Å². The smallest absolute Gasteiger partial charge is 0.257 e. The monoisotopic (exact) mass is 367 g/mol. The summed E-state index contributed by atoms with van der Waals surface area (Å²) in [5, 5.41) is 13.6. The number of nitrogens with zero attached hydrogens (tertiary/aromatic N) is 5. The number of halogens is 2. The largest absolute Gasteiger partial charge is 0.334 e. The van der Waals surface area contributed by atoms with Crippen LogP contribution in [0.2, 0.25) is 5.02 Å². The Kier molecular flexibility index (Phi) is 4.31. The van der Waals surface area contributed by atoms with Gasteiger partial charge in [0.2, 0.25) is 0 Å². The van der Waals surface area contributed by atoms with Gasteiger partial charge in [-0.1, -0.05) is 37.9 Å². The molecule has 2 heterocycles. The molecule has 0 radical (unpaired) electrons. The van der Waals surface area contributed by atoms with Gasteiger partial charge < -0.3 is 4.52 Å². The van der Waals surface area contributed by atoms with E-state index in [2.05, 4.69) is 36.4 Å². The van der Waals surface area contributed by atoms with Gasteiger partial charge in [-0.25, -0.2) is 4.68 Å². The van der Waals surface area contributed by atoms with Crippen molar-refractivity contribution in [3.63, 3.8) is 0 Å². The topological polar surface area (TPSA) is 69.6 Å². The lowest BCUT2D eigenvalue weighted by Crippen LogP contribution is -2.02. The second kappa shape index (κ2) is 6.36. The third kappa shape index (κ3) is 3.48. The molecule has 0 spiro atoms. The average molecular weight is 369 g/mol. The summed E-state index contributed by atoms with van der Waals surface area (Å²) in [6.07, 6.45) is 2.71. The van der Waals surface area contributed by atoms with Crippen molar-refractivity contribution in [1.29, 1.82) is 0 Å². The number of aryl methyl sites for hydroxylation is 1. The van der Waals surface area contributed by atoms with Crippen LogP contribution < -0.4 is 0 Å². The molecule has 6 nitrogen and oxygen atoms in total. The molecule has 0 amide bonds. The molecule has 8 heteroatoms. The minimum Gasteiger partial charge on any atom is -0.334 e. The summed E-state index contributed by atoms with van der Waals surface area (Å²) in [7, 11) is 0. The first-order valence-electron chi connectivity index (χ1n) is 6.28. The van der Waals surface area contributed by atoms with E-state index in [4.69, 9.17) is 16.1 Å². The molecule has 0 saturated heterocycles. The Balaban J connectivity index is 1.73. The summed E-state index contributed by atoms with van der Waals surface area (Å²) in [6.45, 7) is 0.423. The van der Waals surface area contributed by atoms with Crippen molar-refractivity contribution in [2.75, 3.05) is 5.33 Å². The summed E-state index contributed by atoms with van der Waals surface area (Å²) in [5.41, 5.74) is 1.75. The fourth-order valence-electron chi connectivity index (χ4n) is 1.80. The van der Waals surface area contributed by atoms with Gasteiger partial charge >= 0.3 is 0 Å². The third-order valence-electron chi connectivity index (χ3n) is 2.80. The van der Waals surface area contributed by atoms with Gasteiger partial charge in [0.25, 0.3) is 5.89 Å². The van der Waals surface area contributed by atoms with Crippen molar-refractivity contribution in [1.82, 2.24) is 25.1 Å². The highest BCUT2D eigenvalue weighted by atomic mass is 79.9. The van der Waals surface area contributed by atoms with Gasteiger partial charge in [-0.3, -0.25) is 0 Å². The first kappa shape index (κ1) is 14.2. The number of alkyl halides is 1. The molecule has 0 aliphatic carbocycles. The standard InChI is InChI=1S/C13H11BrClN5O/c14-6-5-11-7-20(19-17-11)8-12-16-13(21-18-12)9-1-3-10(15)4-2-9/h1-4,7H,5-6,8H2. The van der Waals surface area contributed by atoms with E-state index >= 15 is 0 Å². The zero-order valence-electron chi connectivity index (χ0n) is 10.9. The molecule has 3 rings (SSSR count). The maximum Gasteiger partial charge on any atom is 0.257 e. The number of aromatic nitrogens is 5. The van der Waals surface area contributed by atoms with Crippen LogP contribution in [-0.4, -0.2) is 30.5 Å². The maximum absolute atomic E-state index is 5.85. The Morgan fingerprint density at radius 1 is 1.24 bits per heavy atom. The Morgan fingerprint density at radius 3 is 2.81 bits per heavy atom. The fraction of sp³-hybridized carbons (Fsp3) is 0.231. The van der Waals surface area contributed by atoms with Crippen LogP contribution in [0.3, 0.4) is 0 Å². The minimum absolute atomic E-state index is 0.423. The van der Waals surface area contributed by atoms with Gasteiger partial charge in [0.15, 0.2) is 5.82 Å². The van der Waals surface area contributed by atoms with E-state index in [1.54, 1.807) is 16.8 Å². The Morgan fingerprint density at radius 2 is 2.05 bits per heavy atom. The highest BCUT2D eigenvalue weighted by Crippen LogP contribution is 2.19. The van der Waals surface area contributed by atoms with E-state index in [1.165, 1.54) is 0 Å². The second-order valence-corrected chi connectivity index (χ2v) is 5.60. The van der Waals surface area contributed by atoms with Crippen molar-refractivity contribution in [2.45, 2.75) is 13.0 Å². The predicted octanol–water partition coefficient (Wildman–Crippen LogP) is 2.97. The van der Waals surface area contributed by atoms with Crippen molar-refractivity contribution in [3.05, 3.63) is 47.0 Å². The fourth-order valence-corrected chi connectivity index (χ4v) is 2.33. The molecule has 0 bridgehead atoms. The first-order chi connectivity index (χ1) is 10.2. The molecular weight excluding hydrogens is 358 g/mol. The molecule has 3 aromatic rings. The highest BCUT2D eigenvalue weighted by molar-refractivity contribution is 9.09. The average Bonchev–Trinajstić information content (AvgIpc) is 3.11. The SMILES string of the molecule is Clc1ccc(-c2nc(Cn3cc(CCBr)nn3)no2)cc1. The maximum atomic E-state index is 5.85.